The summed E-state index contributed by atoms with van der Waals surface area (Å²) < 4.78 is 5.79. The van der Waals surface area contributed by atoms with Crippen molar-refractivity contribution >= 4 is 5.91 Å². The van der Waals surface area contributed by atoms with Crippen LogP contribution in [-0.2, 0) is 4.79 Å². The molecule has 0 saturated heterocycles. The predicted octanol–water partition coefficient (Wildman–Crippen LogP) is 3.47. The van der Waals surface area contributed by atoms with Gasteiger partial charge < -0.3 is 9.64 Å². The van der Waals surface area contributed by atoms with Crippen LogP contribution in [0.2, 0.25) is 0 Å². The van der Waals surface area contributed by atoms with Crippen LogP contribution in [0.4, 0.5) is 0 Å². The largest absolute Gasteiger partial charge is 0.493 e. The number of benzene rings is 1. The van der Waals surface area contributed by atoms with Crippen molar-refractivity contribution in [2.24, 2.45) is 5.92 Å². The topological polar surface area (TPSA) is 29.5 Å². The number of hydrogen-bond acceptors (Lipinski definition) is 2. The van der Waals surface area contributed by atoms with Crippen LogP contribution in [0.5, 0.6) is 5.75 Å². The summed E-state index contributed by atoms with van der Waals surface area (Å²) in [4.78, 5) is 14.5. The predicted molar refractivity (Wildman–Crippen MR) is 83.5 cm³/mol. The fourth-order valence-corrected chi connectivity index (χ4v) is 2.77. The van der Waals surface area contributed by atoms with Gasteiger partial charge in [0.05, 0.1) is 13.0 Å². The zero-order valence-corrected chi connectivity index (χ0v) is 13.1. The monoisotopic (exact) mass is 287 g/mol. The Morgan fingerprint density at radius 2 is 2.00 bits per heavy atom. The van der Waals surface area contributed by atoms with Gasteiger partial charge in [-0.2, -0.15) is 0 Å². The van der Waals surface area contributed by atoms with E-state index in [0.29, 0.717) is 19.1 Å². The van der Waals surface area contributed by atoms with Crippen molar-refractivity contribution in [1.29, 1.82) is 0 Å². The second-order valence-electron chi connectivity index (χ2n) is 6.59. The van der Waals surface area contributed by atoms with Gasteiger partial charge in [-0.15, -0.1) is 0 Å². The highest BCUT2D eigenvalue weighted by Gasteiger charge is 2.36. The number of rotatable bonds is 7. The Morgan fingerprint density at radius 1 is 1.24 bits per heavy atom. The Labute approximate surface area is 127 Å². The third kappa shape index (κ3) is 3.99. The van der Waals surface area contributed by atoms with Gasteiger partial charge in [0.1, 0.15) is 5.75 Å². The smallest absolute Gasteiger partial charge is 0.226 e. The van der Waals surface area contributed by atoms with Gasteiger partial charge in [-0.25, -0.2) is 0 Å². The van der Waals surface area contributed by atoms with Crippen molar-refractivity contribution in [2.75, 3.05) is 13.2 Å². The molecule has 3 nitrogen and oxygen atoms in total. The third-order valence-electron chi connectivity index (χ3n) is 4.36. The molecule has 1 aromatic carbocycles. The first-order valence-electron chi connectivity index (χ1n) is 8.13. The molecule has 2 saturated carbocycles. The van der Waals surface area contributed by atoms with Crippen LogP contribution in [0.15, 0.2) is 18.2 Å². The lowest BCUT2D eigenvalue weighted by molar-refractivity contribution is -0.132. The van der Waals surface area contributed by atoms with Crippen molar-refractivity contribution in [2.45, 2.75) is 52.0 Å². The first-order valence-corrected chi connectivity index (χ1v) is 8.13. The average molecular weight is 287 g/mol. The maximum Gasteiger partial charge on any atom is 0.226 e. The molecule has 0 heterocycles. The van der Waals surface area contributed by atoms with E-state index in [9.17, 15) is 4.79 Å². The summed E-state index contributed by atoms with van der Waals surface area (Å²) in [6.45, 7) is 5.59. The molecular formula is C18H25NO2. The van der Waals surface area contributed by atoms with Gasteiger partial charge in [-0.3, -0.25) is 4.79 Å². The van der Waals surface area contributed by atoms with E-state index >= 15 is 0 Å². The molecular weight excluding hydrogens is 262 g/mol. The van der Waals surface area contributed by atoms with E-state index in [2.05, 4.69) is 17.9 Å². The zero-order chi connectivity index (χ0) is 14.8. The lowest BCUT2D eigenvalue weighted by Gasteiger charge is -2.22. The van der Waals surface area contributed by atoms with E-state index in [0.717, 1.165) is 23.8 Å². The quantitative estimate of drug-likeness (QED) is 0.768. The van der Waals surface area contributed by atoms with Crippen LogP contribution in [0.1, 0.15) is 43.2 Å². The number of hydrogen-bond donors (Lipinski definition) is 0. The summed E-state index contributed by atoms with van der Waals surface area (Å²) in [6.07, 6.45) is 5.48. The number of carbonyl (C=O) groups excluding carboxylic acids is 1. The van der Waals surface area contributed by atoms with Gasteiger partial charge in [-0.1, -0.05) is 17.7 Å². The lowest BCUT2D eigenvalue weighted by atomic mass is 10.1. The summed E-state index contributed by atoms with van der Waals surface area (Å²) in [6, 6.07) is 6.69. The van der Waals surface area contributed by atoms with Crippen LogP contribution in [0.3, 0.4) is 0 Å². The van der Waals surface area contributed by atoms with E-state index in [1.807, 2.05) is 19.1 Å². The van der Waals surface area contributed by atoms with Gasteiger partial charge in [0, 0.05) is 12.6 Å². The van der Waals surface area contributed by atoms with Gasteiger partial charge in [0.25, 0.3) is 0 Å². The minimum atomic E-state index is 0.272. The van der Waals surface area contributed by atoms with Crippen molar-refractivity contribution in [3.05, 3.63) is 29.3 Å². The second-order valence-corrected chi connectivity index (χ2v) is 6.59. The molecule has 1 aromatic rings. The molecule has 3 rings (SSSR count). The Morgan fingerprint density at radius 3 is 2.62 bits per heavy atom. The summed E-state index contributed by atoms with van der Waals surface area (Å²) >= 11 is 0. The second kappa shape index (κ2) is 6.08. The molecule has 3 heteroatoms. The van der Waals surface area contributed by atoms with Crippen LogP contribution in [0, 0.1) is 19.8 Å². The van der Waals surface area contributed by atoms with Gasteiger partial charge in [-0.05, 0) is 57.1 Å². The summed E-state index contributed by atoms with van der Waals surface area (Å²) in [5.41, 5.74) is 2.37. The molecule has 0 bridgehead atoms. The minimum Gasteiger partial charge on any atom is -0.493 e. The average Bonchev–Trinajstić information content (AvgIpc) is 3.32. The molecule has 0 radical (unpaired) electrons. The third-order valence-corrected chi connectivity index (χ3v) is 4.36. The summed E-state index contributed by atoms with van der Waals surface area (Å²) in [5, 5.41) is 0. The Balaban J connectivity index is 1.48. The highest BCUT2D eigenvalue weighted by Crippen LogP contribution is 2.35. The van der Waals surface area contributed by atoms with Crippen molar-refractivity contribution in [1.82, 2.24) is 4.90 Å². The van der Waals surface area contributed by atoms with Crippen LogP contribution >= 0.6 is 0 Å². The first kappa shape index (κ1) is 14.4. The molecule has 0 aromatic heterocycles. The van der Waals surface area contributed by atoms with Crippen LogP contribution in [0.25, 0.3) is 0 Å². The summed E-state index contributed by atoms with van der Waals surface area (Å²) in [7, 11) is 0. The first-order chi connectivity index (χ1) is 10.1. The maximum atomic E-state index is 12.4. The minimum absolute atomic E-state index is 0.272. The molecule has 114 valence electrons. The van der Waals surface area contributed by atoms with E-state index in [-0.39, 0.29) is 5.91 Å². The molecule has 2 fully saturated rings. The van der Waals surface area contributed by atoms with Crippen LogP contribution in [-0.4, -0.2) is 30.0 Å². The van der Waals surface area contributed by atoms with Crippen molar-refractivity contribution < 1.29 is 9.53 Å². The molecule has 0 atom stereocenters. The standard InChI is InChI=1S/C18H25NO2/c1-13-3-8-17(14(2)11-13)21-10-9-18(20)19(16-6-7-16)12-15-4-5-15/h3,8,11,15-16H,4-7,9-10,12H2,1-2H3. The van der Waals surface area contributed by atoms with Gasteiger partial charge in [0.15, 0.2) is 0 Å². The Bertz CT molecular complexity index is 518. The molecule has 0 aliphatic heterocycles. The van der Waals surface area contributed by atoms with Gasteiger partial charge >= 0.3 is 0 Å². The number of ether oxygens (including phenoxy) is 1. The van der Waals surface area contributed by atoms with Crippen molar-refractivity contribution in [3.8, 4) is 5.75 Å². The van der Waals surface area contributed by atoms with E-state index in [4.69, 9.17) is 4.74 Å². The number of carbonyl (C=O) groups is 1. The van der Waals surface area contributed by atoms with E-state index in [1.165, 1.54) is 31.2 Å². The molecule has 2 aliphatic rings. The van der Waals surface area contributed by atoms with E-state index < -0.39 is 0 Å². The number of aryl methyl sites for hydroxylation is 2. The van der Waals surface area contributed by atoms with Gasteiger partial charge in [0.2, 0.25) is 5.91 Å². The Kier molecular flexibility index (Phi) is 4.18. The van der Waals surface area contributed by atoms with E-state index in [1.54, 1.807) is 0 Å². The van der Waals surface area contributed by atoms with Crippen molar-refractivity contribution in [3.63, 3.8) is 0 Å². The zero-order valence-electron chi connectivity index (χ0n) is 13.1. The fraction of sp³-hybridized carbons (Fsp3) is 0.611. The highest BCUT2D eigenvalue weighted by atomic mass is 16.5. The maximum absolute atomic E-state index is 12.4. The summed E-state index contributed by atoms with van der Waals surface area (Å²) in [5.74, 6) is 1.94. The number of nitrogens with zero attached hydrogens (tertiary/aromatic N) is 1. The normalized spacial score (nSPS) is 17.6. The SMILES string of the molecule is Cc1ccc(OCCC(=O)N(CC2CC2)C2CC2)c(C)c1. The highest BCUT2D eigenvalue weighted by molar-refractivity contribution is 5.77. The molecule has 0 spiro atoms. The molecule has 0 unspecified atom stereocenters. The number of amides is 1. The lowest BCUT2D eigenvalue weighted by Crippen LogP contribution is -2.35. The Hall–Kier alpha value is -1.51. The fourth-order valence-electron chi connectivity index (χ4n) is 2.77. The molecule has 2 aliphatic carbocycles. The molecule has 21 heavy (non-hydrogen) atoms. The van der Waals surface area contributed by atoms with Crippen LogP contribution < -0.4 is 4.74 Å². The molecule has 1 amide bonds. The molecule has 0 N–H and O–H groups in total.